The van der Waals surface area contributed by atoms with Gasteiger partial charge in [0.25, 0.3) is 5.91 Å². The third-order valence-electron chi connectivity index (χ3n) is 2.73. The summed E-state index contributed by atoms with van der Waals surface area (Å²) in [4.78, 5) is 13.2. The van der Waals surface area contributed by atoms with Crippen molar-refractivity contribution >= 4 is 39.8 Å². The smallest absolute Gasteiger partial charge is 0.251 e. The highest BCUT2D eigenvalue weighted by molar-refractivity contribution is 14.1. The maximum Gasteiger partial charge on any atom is 0.251 e. The van der Waals surface area contributed by atoms with Crippen molar-refractivity contribution in [3.8, 4) is 0 Å². The van der Waals surface area contributed by atoms with Crippen molar-refractivity contribution < 1.29 is 4.79 Å². The third kappa shape index (κ3) is 3.32. The quantitative estimate of drug-likeness (QED) is 0.813. The summed E-state index contributed by atoms with van der Waals surface area (Å²) in [6.07, 6.45) is 1.01. The second-order valence-electron chi connectivity index (χ2n) is 3.91. The molecule has 2 rings (SSSR count). The van der Waals surface area contributed by atoms with Gasteiger partial charge in [-0.3, -0.25) is 4.79 Å². The molecule has 0 unspecified atom stereocenters. The molecule has 2 nitrogen and oxygen atoms in total. The number of hydrogen-bond acceptors (Lipinski definition) is 2. The zero-order chi connectivity index (χ0) is 13.0. The second kappa shape index (κ2) is 6.33. The molecule has 0 aliphatic rings. The molecule has 1 amide bonds. The van der Waals surface area contributed by atoms with Gasteiger partial charge in [0.2, 0.25) is 0 Å². The summed E-state index contributed by atoms with van der Waals surface area (Å²) in [5.74, 6) is -0.0122. The first-order valence-electron chi connectivity index (χ1n) is 5.79. The summed E-state index contributed by atoms with van der Waals surface area (Å²) >= 11 is 3.93. The minimum Gasteiger partial charge on any atom is -0.347 e. The van der Waals surface area contributed by atoms with Gasteiger partial charge >= 0.3 is 0 Å². The molecule has 0 aliphatic carbocycles. The molecule has 0 atom stereocenters. The van der Waals surface area contributed by atoms with E-state index in [2.05, 4.69) is 46.3 Å². The van der Waals surface area contributed by atoms with Gasteiger partial charge in [-0.2, -0.15) is 0 Å². The van der Waals surface area contributed by atoms with Crippen molar-refractivity contribution in [2.45, 2.75) is 19.9 Å². The van der Waals surface area contributed by atoms with Crippen molar-refractivity contribution in [3.63, 3.8) is 0 Å². The van der Waals surface area contributed by atoms with E-state index in [1.807, 2.05) is 24.3 Å². The number of nitrogens with one attached hydrogen (secondary N) is 1. The van der Waals surface area contributed by atoms with E-state index in [-0.39, 0.29) is 5.91 Å². The minimum absolute atomic E-state index is 0.0122. The van der Waals surface area contributed by atoms with E-state index in [4.69, 9.17) is 0 Å². The number of rotatable bonds is 4. The van der Waals surface area contributed by atoms with Gasteiger partial charge in [-0.1, -0.05) is 6.92 Å². The van der Waals surface area contributed by atoms with Crippen LogP contribution in [0.25, 0.3) is 0 Å². The molecule has 0 saturated heterocycles. The molecule has 0 bridgehead atoms. The molecule has 1 N–H and O–H groups in total. The predicted molar refractivity (Wildman–Crippen MR) is 84.0 cm³/mol. The van der Waals surface area contributed by atoms with Gasteiger partial charge in [0.15, 0.2) is 0 Å². The number of carbonyl (C=O) groups excluding carboxylic acids is 1. The molecule has 4 heteroatoms. The Balaban J connectivity index is 1.98. The first kappa shape index (κ1) is 13.5. The van der Waals surface area contributed by atoms with Crippen LogP contribution in [0.15, 0.2) is 35.7 Å². The van der Waals surface area contributed by atoms with Crippen molar-refractivity contribution in [2.24, 2.45) is 0 Å². The van der Waals surface area contributed by atoms with Gasteiger partial charge in [0.1, 0.15) is 0 Å². The molecule has 0 saturated carbocycles. The Kier molecular flexibility index (Phi) is 4.77. The largest absolute Gasteiger partial charge is 0.347 e. The van der Waals surface area contributed by atoms with Crippen LogP contribution in [0.2, 0.25) is 0 Å². The van der Waals surface area contributed by atoms with Gasteiger partial charge in [0, 0.05) is 14.0 Å². The summed E-state index contributed by atoms with van der Waals surface area (Å²) < 4.78 is 1.13. The third-order valence-corrected chi connectivity index (χ3v) is 4.42. The van der Waals surface area contributed by atoms with Crippen LogP contribution in [0, 0.1) is 3.57 Å². The first-order valence-corrected chi connectivity index (χ1v) is 7.75. The molecule has 94 valence electrons. The van der Waals surface area contributed by atoms with E-state index in [1.54, 1.807) is 11.3 Å². The van der Waals surface area contributed by atoms with E-state index in [0.29, 0.717) is 12.1 Å². The van der Waals surface area contributed by atoms with E-state index in [1.165, 1.54) is 10.4 Å². The Hall–Kier alpha value is -0.880. The molecule has 18 heavy (non-hydrogen) atoms. The topological polar surface area (TPSA) is 29.1 Å². The molecular formula is C14H14INOS. The maximum atomic E-state index is 11.9. The standard InChI is InChI=1S/C14H14INOS/c1-2-10-7-8-18-13(10)9-16-14(17)11-3-5-12(15)6-4-11/h3-8H,2,9H2,1H3,(H,16,17). The van der Waals surface area contributed by atoms with Crippen molar-refractivity contribution in [3.05, 3.63) is 55.3 Å². The Morgan fingerprint density at radius 3 is 2.67 bits per heavy atom. The highest BCUT2D eigenvalue weighted by Crippen LogP contribution is 2.17. The van der Waals surface area contributed by atoms with Crippen LogP contribution in [-0.4, -0.2) is 5.91 Å². The SMILES string of the molecule is CCc1ccsc1CNC(=O)c1ccc(I)cc1. The minimum atomic E-state index is -0.0122. The normalized spacial score (nSPS) is 10.3. The maximum absolute atomic E-state index is 11.9. The fourth-order valence-electron chi connectivity index (χ4n) is 1.70. The van der Waals surface area contributed by atoms with Crippen LogP contribution in [0.5, 0.6) is 0 Å². The number of amides is 1. The summed E-state index contributed by atoms with van der Waals surface area (Å²) in [7, 11) is 0. The lowest BCUT2D eigenvalue weighted by atomic mass is 10.2. The van der Waals surface area contributed by atoms with E-state index in [9.17, 15) is 4.79 Å². The average molecular weight is 371 g/mol. The zero-order valence-electron chi connectivity index (χ0n) is 10.1. The Morgan fingerprint density at radius 2 is 2.00 bits per heavy atom. The summed E-state index contributed by atoms with van der Waals surface area (Å²) in [5.41, 5.74) is 2.04. The molecule has 0 spiro atoms. The van der Waals surface area contributed by atoms with Crippen LogP contribution in [0.4, 0.5) is 0 Å². The van der Waals surface area contributed by atoms with Crippen LogP contribution in [-0.2, 0) is 13.0 Å². The summed E-state index contributed by atoms with van der Waals surface area (Å²) in [5, 5.41) is 5.04. The van der Waals surface area contributed by atoms with Crippen LogP contribution >= 0.6 is 33.9 Å². The highest BCUT2D eigenvalue weighted by Gasteiger charge is 2.07. The predicted octanol–water partition coefficient (Wildman–Crippen LogP) is 3.85. The number of hydrogen-bond donors (Lipinski definition) is 1. The Morgan fingerprint density at radius 1 is 1.28 bits per heavy atom. The van der Waals surface area contributed by atoms with Crippen molar-refractivity contribution in [2.75, 3.05) is 0 Å². The molecule has 1 aromatic heterocycles. The van der Waals surface area contributed by atoms with Gasteiger partial charge in [-0.05, 0) is 70.3 Å². The average Bonchev–Trinajstić information content (AvgIpc) is 2.84. The monoisotopic (exact) mass is 371 g/mol. The summed E-state index contributed by atoms with van der Waals surface area (Å²) in [6, 6.07) is 9.71. The number of halogens is 1. The highest BCUT2D eigenvalue weighted by atomic mass is 127. The molecule has 0 aliphatic heterocycles. The molecule has 2 aromatic rings. The molecule has 0 radical (unpaired) electrons. The van der Waals surface area contributed by atoms with E-state index < -0.39 is 0 Å². The van der Waals surface area contributed by atoms with Crippen LogP contribution in [0.3, 0.4) is 0 Å². The Bertz CT molecular complexity index is 533. The Labute approximate surface area is 125 Å². The first-order chi connectivity index (χ1) is 8.70. The lowest BCUT2D eigenvalue weighted by Gasteiger charge is -2.05. The van der Waals surface area contributed by atoms with Gasteiger partial charge in [-0.15, -0.1) is 11.3 Å². The fraction of sp³-hybridized carbons (Fsp3) is 0.214. The molecular weight excluding hydrogens is 357 g/mol. The van der Waals surface area contributed by atoms with Crippen LogP contribution in [0.1, 0.15) is 27.7 Å². The van der Waals surface area contributed by atoms with Crippen molar-refractivity contribution in [1.29, 1.82) is 0 Å². The lowest BCUT2D eigenvalue weighted by molar-refractivity contribution is 0.0951. The van der Waals surface area contributed by atoms with Gasteiger partial charge < -0.3 is 5.32 Å². The lowest BCUT2D eigenvalue weighted by Crippen LogP contribution is -2.22. The van der Waals surface area contributed by atoms with Gasteiger partial charge in [-0.25, -0.2) is 0 Å². The zero-order valence-corrected chi connectivity index (χ0v) is 13.0. The second-order valence-corrected chi connectivity index (χ2v) is 6.16. The fourth-order valence-corrected chi connectivity index (χ4v) is 2.98. The number of thiophene rings is 1. The number of carbonyl (C=O) groups is 1. The number of benzene rings is 1. The molecule has 1 aromatic carbocycles. The molecule has 1 heterocycles. The van der Waals surface area contributed by atoms with E-state index in [0.717, 1.165) is 9.99 Å². The number of aryl methyl sites for hydroxylation is 1. The summed E-state index contributed by atoms with van der Waals surface area (Å²) in [6.45, 7) is 2.75. The van der Waals surface area contributed by atoms with Gasteiger partial charge in [0.05, 0.1) is 6.54 Å². The van der Waals surface area contributed by atoms with E-state index >= 15 is 0 Å². The van der Waals surface area contributed by atoms with Crippen molar-refractivity contribution in [1.82, 2.24) is 5.32 Å². The molecule has 0 fully saturated rings. The van der Waals surface area contributed by atoms with Crippen LogP contribution < -0.4 is 5.32 Å².